The van der Waals surface area contributed by atoms with Gasteiger partial charge in [-0.3, -0.25) is 4.79 Å². The van der Waals surface area contributed by atoms with Crippen molar-refractivity contribution >= 4 is 5.97 Å². The summed E-state index contributed by atoms with van der Waals surface area (Å²) in [6.45, 7) is 2.55. The van der Waals surface area contributed by atoms with Crippen LogP contribution in [0.5, 0.6) is 11.5 Å². The van der Waals surface area contributed by atoms with Crippen molar-refractivity contribution in [2.24, 2.45) is 23.7 Å². The van der Waals surface area contributed by atoms with E-state index in [0.29, 0.717) is 17.8 Å². The van der Waals surface area contributed by atoms with E-state index in [1.54, 1.807) is 7.11 Å². The van der Waals surface area contributed by atoms with Crippen molar-refractivity contribution in [3.8, 4) is 11.5 Å². The van der Waals surface area contributed by atoms with E-state index in [2.05, 4.69) is 24.3 Å². The molecule has 0 heterocycles. The molecule has 2 aliphatic rings. The third-order valence-corrected chi connectivity index (χ3v) is 6.47. The van der Waals surface area contributed by atoms with Crippen LogP contribution in [-0.4, -0.2) is 24.8 Å². The summed E-state index contributed by atoms with van der Waals surface area (Å²) in [6, 6.07) is 16.4. The van der Waals surface area contributed by atoms with Crippen LogP contribution in [0, 0.1) is 23.7 Å². The summed E-state index contributed by atoms with van der Waals surface area (Å²) in [4.78, 5) is 11.5. The molecule has 4 atom stereocenters. The summed E-state index contributed by atoms with van der Waals surface area (Å²) in [7, 11) is 1.70. The van der Waals surface area contributed by atoms with Gasteiger partial charge in [0.15, 0.2) is 0 Å². The average Bonchev–Trinajstić information content (AvgIpc) is 3.64. The van der Waals surface area contributed by atoms with Crippen molar-refractivity contribution in [1.29, 1.82) is 0 Å². The van der Waals surface area contributed by atoms with Gasteiger partial charge < -0.3 is 14.6 Å². The highest BCUT2D eigenvalue weighted by molar-refractivity contribution is 5.71. The van der Waals surface area contributed by atoms with Crippen molar-refractivity contribution in [3.05, 3.63) is 59.7 Å². The minimum absolute atomic E-state index is 0.0813. The number of carboxylic acid groups (broad SMARTS) is 1. The van der Waals surface area contributed by atoms with Gasteiger partial charge in [-0.15, -0.1) is 0 Å². The van der Waals surface area contributed by atoms with Crippen molar-refractivity contribution < 1.29 is 19.4 Å². The predicted octanol–water partition coefficient (Wildman–Crippen LogP) is 5.17. The maximum absolute atomic E-state index is 11.5. The Hall–Kier alpha value is -2.49. The summed E-state index contributed by atoms with van der Waals surface area (Å²) in [5.41, 5.74) is 2.41. The van der Waals surface area contributed by atoms with Crippen molar-refractivity contribution in [2.75, 3.05) is 13.7 Å². The SMILES string of the molecule is COc1cccc(C[C@@H]2C[C@H]2COc2cccc(C(C3CC3)C(C)C(=O)O)c2)c1. The smallest absolute Gasteiger partial charge is 0.306 e. The summed E-state index contributed by atoms with van der Waals surface area (Å²) >= 11 is 0. The van der Waals surface area contributed by atoms with Crippen molar-refractivity contribution in [3.63, 3.8) is 0 Å². The zero-order valence-electron chi connectivity index (χ0n) is 17.2. The molecule has 2 unspecified atom stereocenters. The number of carbonyl (C=O) groups is 1. The first kappa shape index (κ1) is 19.8. The van der Waals surface area contributed by atoms with Gasteiger partial charge in [0, 0.05) is 0 Å². The molecule has 29 heavy (non-hydrogen) atoms. The molecular weight excluding hydrogens is 364 g/mol. The lowest BCUT2D eigenvalue weighted by Gasteiger charge is -2.21. The number of benzene rings is 2. The van der Waals surface area contributed by atoms with Crippen LogP contribution >= 0.6 is 0 Å². The minimum atomic E-state index is -0.716. The summed E-state index contributed by atoms with van der Waals surface area (Å²) in [5.74, 6) is 2.51. The van der Waals surface area contributed by atoms with Crippen molar-refractivity contribution in [2.45, 2.75) is 38.5 Å². The average molecular weight is 395 g/mol. The van der Waals surface area contributed by atoms with Crippen LogP contribution in [-0.2, 0) is 11.2 Å². The van der Waals surface area contributed by atoms with Crippen LogP contribution in [0.4, 0.5) is 0 Å². The Morgan fingerprint density at radius 2 is 1.86 bits per heavy atom. The topological polar surface area (TPSA) is 55.8 Å². The quantitative estimate of drug-likeness (QED) is 0.604. The zero-order chi connectivity index (χ0) is 20.4. The molecule has 2 saturated carbocycles. The van der Waals surface area contributed by atoms with E-state index in [-0.39, 0.29) is 11.8 Å². The first-order valence-electron chi connectivity index (χ1n) is 10.6. The first-order valence-corrected chi connectivity index (χ1v) is 10.6. The number of rotatable bonds is 10. The second-order valence-electron chi connectivity index (χ2n) is 8.69. The van der Waals surface area contributed by atoms with Gasteiger partial charge in [-0.2, -0.15) is 0 Å². The van der Waals surface area contributed by atoms with Gasteiger partial charge in [0.2, 0.25) is 0 Å². The van der Waals surface area contributed by atoms with Crippen LogP contribution in [0.2, 0.25) is 0 Å². The van der Waals surface area contributed by atoms with E-state index in [9.17, 15) is 9.90 Å². The lowest BCUT2D eigenvalue weighted by Crippen LogP contribution is -2.20. The third kappa shape index (κ3) is 4.92. The molecule has 0 saturated heterocycles. The number of hydrogen-bond acceptors (Lipinski definition) is 3. The summed E-state index contributed by atoms with van der Waals surface area (Å²) in [5, 5.41) is 9.49. The lowest BCUT2D eigenvalue weighted by atomic mass is 9.83. The molecule has 0 bridgehead atoms. The first-order chi connectivity index (χ1) is 14.0. The number of carboxylic acids is 1. The monoisotopic (exact) mass is 394 g/mol. The van der Waals surface area contributed by atoms with Gasteiger partial charge in [-0.1, -0.05) is 31.2 Å². The Balaban J connectivity index is 1.33. The normalized spacial score (nSPS) is 22.6. The molecule has 2 fully saturated rings. The molecule has 4 rings (SSSR count). The van der Waals surface area contributed by atoms with Gasteiger partial charge in [-0.25, -0.2) is 0 Å². The molecule has 154 valence electrons. The maximum Gasteiger partial charge on any atom is 0.306 e. The van der Waals surface area contributed by atoms with Crippen LogP contribution < -0.4 is 9.47 Å². The Bertz CT molecular complexity index is 857. The van der Waals surface area contributed by atoms with E-state index in [1.807, 2.05) is 31.2 Å². The Labute approximate surface area is 172 Å². The Morgan fingerprint density at radius 3 is 2.59 bits per heavy atom. The summed E-state index contributed by atoms with van der Waals surface area (Å²) in [6.07, 6.45) is 4.51. The lowest BCUT2D eigenvalue weighted by molar-refractivity contribution is -0.142. The fourth-order valence-electron chi connectivity index (χ4n) is 4.46. The van der Waals surface area contributed by atoms with Gasteiger partial charge >= 0.3 is 5.97 Å². The largest absolute Gasteiger partial charge is 0.497 e. The number of methoxy groups -OCH3 is 1. The molecule has 0 aliphatic heterocycles. The van der Waals surface area contributed by atoms with Gasteiger partial charge in [0.25, 0.3) is 0 Å². The second kappa shape index (κ2) is 8.48. The number of aliphatic carboxylic acids is 1. The third-order valence-electron chi connectivity index (χ3n) is 6.47. The van der Waals surface area contributed by atoms with E-state index in [1.165, 1.54) is 12.0 Å². The van der Waals surface area contributed by atoms with E-state index >= 15 is 0 Å². The highest BCUT2D eigenvalue weighted by Crippen LogP contribution is 2.47. The van der Waals surface area contributed by atoms with Gasteiger partial charge in [0.05, 0.1) is 19.6 Å². The minimum Gasteiger partial charge on any atom is -0.497 e. The molecule has 4 nitrogen and oxygen atoms in total. The van der Waals surface area contributed by atoms with Crippen LogP contribution in [0.1, 0.15) is 43.2 Å². The van der Waals surface area contributed by atoms with Gasteiger partial charge in [-0.05, 0) is 84.7 Å². The molecule has 1 N–H and O–H groups in total. The van der Waals surface area contributed by atoms with Crippen LogP contribution in [0.15, 0.2) is 48.5 Å². The van der Waals surface area contributed by atoms with E-state index in [0.717, 1.165) is 42.9 Å². The van der Waals surface area contributed by atoms with Crippen LogP contribution in [0.3, 0.4) is 0 Å². The molecule has 2 aliphatic carbocycles. The molecule has 0 spiro atoms. The van der Waals surface area contributed by atoms with E-state index < -0.39 is 5.97 Å². The fourth-order valence-corrected chi connectivity index (χ4v) is 4.46. The molecule has 2 aromatic carbocycles. The standard InChI is InChI=1S/C25H30O4/c1-16(25(26)27)24(18-9-10-18)19-6-4-8-23(14-19)29-15-21-13-20(21)11-17-5-3-7-22(12-17)28-2/h3-8,12,14,16,18,20-21,24H,9-11,13,15H2,1-2H3,(H,26,27)/t16?,20-,21+,24?/m1/s1. The highest BCUT2D eigenvalue weighted by atomic mass is 16.5. The molecule has 0 radical (unpaired) electrons. The molecular formula is C25H30O4. The highest BCUT2D eigenvalue weighted by Gasteiger charge is 2.39. The van der Waals surface area contributed by atoms with Crippen LogP contribution in [0.25, 0.3) is 0 Å². The Morgan fingerprint density at radius 1 is 1.10 bits per heavy atom. The number of hydrogen-bond donors (Lipinski definition) is 1. The summed E-state index contributed by atoms with van der Waals surface area (Å²) < 4.78 is 11.4. The molecule has 0 amide bonds. The van der Waals surface area contributed by atoms with E-state index in [4.69, 9.17) is 9.47 Å². The fraction of sp³-hybridized carbons (Fsp3) is 0.480. The Kier molecular flexibility index (Phi) is 5.79. The van der Waals surface area contributed by atoms with Gasteiger partial charge in [0.1, 0.15) is 11.5 Å². The molecule has 2 aromatic rings. The van der Waals surface area contributed by atoms with Crippen molar-refractivity contribution in [1.82, 2.24) is 0 Å². The number of ether oxygens (including phenoxy) is 2. The predicted molar refractivity (Wildman–Crippen MR) is 112 cm³/mol. The second-order valence-corrected chi connectivity index (χ2v) is 8.69. The molecule has 4 heteroatoms. The molecule has 0 aromatic heterocycles. The zero-order valence-corrected chi connectivity index (χ0v) is 17.2. The maximum atomic E-state index is 11.5.